The standard InChI is InChI=1S/C21H30O8/c1-15-17(26-12-10-24-9-8-23-2)19-20(29-21(22)28-19)18(15)27-13-11-25-14-16-6-4-3-5-7-16/h3-7,15,18,20-22H,8-14H2,1-2H3/t15?,18?,20-,21?/m1/s1. The molecule has 29 heavy (non-hydrogen) atoms. The number of aliphatic hydroxyl groups is 1. The molecule has 0 spiro atoms. The molecule has 1 aromatic rings. The lowest BCUT2D eigenvalue weighted by Gasteiger charge is -2.22. The Morgan fingerprint density at radius 1 is 0.966 bits per heavy atom. The predicted octanol–water partition coefficient (Wildman–Crippen LogP) is 1.82. The van der Waals surface area contributed by atoms with E-state index < -0.39 is 12.6 Å². The summed E-state index contributed by atoms with van der Waals surface area (Å²) in [5.74, 6) is 1.06. The Morgan fingerprint density at radius 2 is 1.72 bits per heavy atom. The molecular formula is C21H30O8. The van der Waals surface area contributed by atoms with E-state index in [1.54, 1.807) is 7.11 Å². The number of ether oxygens (including phenoxy) is 7. The fourth-order valence-electron chi connectivity index (χ4n) is 3.35. The van der Waals surface area contributed by atoms with Gasteiger partial charge >= 0.3 is 6.48 Å². The van der Waals surface area contributed by atoms with Crippen LogP contribution in [0.25, 0.3) is 0 Å². The van der Waals surface area contributed by atoms with E-state index >= 15 is 0 Å². The van der Waals surface area contributed by atoms with Crippen molar-refractivity contribution >= 4 is 0 Å². The number of aliphatic hydroxyl groups excluding tert-OH is 1. The van der Waals surface area contributed by atoms with E-state index in [4.69, 9.17) is 33.2 Å². The van der Waals surface area contributed by atoms with Crippen LogP contribution in [0.2, 0.25) is 0 Å². The molecule has 1 N–H and O–H groups in total. The third kappa shape index (κ3) is 6.15. The van der Waals surface area contributed by atoms with Gasteiger partial charge in [-0.1, -0.05) is 37.3 Å². The first-order valence-corrected chi connectivity index (χ1v) is 9.87. The van der Waals surface area contributed by atoms with Gasteiger partial charge in [-0.15, -0.1) is 0 Å². The van der Waals surface area contributed by atoms with Crippen LogP contribution in [0.1, 0.15) is 12.5 Å². The average molecular weight is 410 g/mol. The zero-order valence-corrected chi connectivity index (χ0v) is 17.0. The lowest BCUT2D eigenvalue weighted by molar-refractivity contribution is -0.217. The summed E-state index contributed by atoms with van der Waals surface area (Å²) in [6, 6.07) is 9.97. The van der Waals surface area contributed by atoms with Crippen molar-refractivity contribution in [3.05, 3.63) is 47.4 Å². The zero-order valence-electron chi connectivity index (χ0n) is 17.0. The van der Waals surface area contributed by atoms with E-state index in [9.17, 15) is 5.11 Å². The van der Waals surface area contributed by atoms with Crippen LogP contribution >= 0.6 is 0 Å². The predicted molar refractivity (Wildman–Crippen MR) is 103 cm³/mol. The van der Waals surface area contributed by atoms with E-state index in [-0.39, 0.29) is 12.0 Å². The molecule has 0 saturated carbocycles. The Labute approximate surface area is 171 Å². The molecule has 0 amide bonds. The highest BCUT2D eigenvalue weighted by molar-refractivity contribution is 5.23. The van der Waals surface area contributed by atoms with Gasteiger partial charge in [-0.25, -0.2) is 0 Å². The lowest BCUT2D eigenvalue weighted by atomic mass is 10.1. The highest BCUT2D eigenvalue weighted by atomic mass is 16.8. The first-order chi connectivity index (χ1) is 14.2. The zero-order chi connectivity index (χ0) is 20.5. The molecule has 0 aromatic heterocycles. The highest BCUT2D eigenvalue weighted by Gasteiger charge is 2.50. The van der Waals surface area contributed by atoms with Crippen molar-refractivity contribution in [2.24, 2.45) is 5.92 Å². The van der Waals surface area contributed by atoms with E-state index in [2.05, 4.69) is 0 Å². The number of hydrogen-bond donors (Lipinski definition) is 1. The molecule has 0 bridgehead atoms. The second-order valence-corrected chi connectivity index (χ2v) is 6.83. The SMILES string of the molecule is COCCOCCOC1=C2OC(O)O[C@@H]2C(OCCOCc2ccccc2)C1C. The van der Waals surface area contributed by atoms with Gasteiger partial charge in [0.25, 0.3) is 0 Å². The first kappa shape index (κ1) is 22.0. The second kappa shape index (κ2) is 11.5. The van der Waals surface area contributed by atoms with Gasteiger partial charge in [0.05, 0.1) is 39.6 Å². The number of methoxy groups -OCH3 is 1. The van der Waals surface area contributed by atoms with Crippen molar-refractivity contribution in [3.63, 3.8) is 0 Å². The Kier molecular flexibility index (Phi) is 8.72. The van der Waals surface area contributed by atoms with Gasteiger partial charge < -0.3 is 38.3 Å². The van der Waals surface area contributed by atoms with Gasteiger partial charge in [-0.2, -0.15) is 0 Å². The van der Waals surface area contributed by atoms with Gasteiger partial charge in [0.1, 0.15) is 18.5 Å². The van der Waals surface area contributed by atoms with Crippen LogP contribution in [0.3, 0.4) is 0 Å². The Bertz CT molecular complexity index is 635. The van der Waals surface area contributed by atoms with Crippen LogP contribution in [0.15, 0.2) is 41.9 Å². The van der Waals surface area contributed by atoms with Crippen LogP contribution in [0.5, 0.6) is 0 Å². The molecule has 162 valence electrons. The largest absolute Gasteiger partial charge is 0.492 e. The molecule has 1 heterocycles. The number of rotatable bonds is 13. The number of hydrogen-bond acceptors (Lipinski definition) is 8. The molecule has 1 aromatic carbocycles. The molecule has 1 saturated heterocycles. The Hall–Kier alpha value is -1.68. The summed E-state index contributed by atoms with van der Waals surface area (Å²) in [6.07, 6.45) is -0.801. The molecule has 8 heteroatoms. The summed E-state index contributed by atoms with van der Waals surface area (Å²) in [5.41, 5.74) is 1.12. The Morgan fingerprint density at radius 3 is 2.52 bits per heavy atom. The summed E-state index contributed by atoms with van der Waals surface area (Å²) < 4.78 is 38.7. The third-order valence-electron chi connectivity index (χ3n) is 4.76. The van der Waals surface area contributed by atoms with Crippen LogP contribution in [-0.4, -0.2) is 70.5 Å². The van der Waals surface area contributed by atoms with Crippen LogP contribution in [0, 0.1) is 5.92 Å². The quantitative estimate of drug-likeness (QED) is 0.493. The maximum atomic E-state index is 9.71. The van der Waals surface area contributed by atoms with Crippen molar-refractivity contribution < 1.29 is 38.3 Å². The Balaban J connectivity index is 1.42. The number of benzene rings is 1. The van der Waals surface area contributed by atoms with E-state index in [1.165, 1.54) is 0 Å². The average Bonchev–Trinajstić information content (AvgIpc) is 3.21. The fourth-order valence-corrected chi connectivity index (χ4v) is 3.35. The molecule has 2 aliphatic rings. The fraction of sp³-hybridized carbons (Fsp3) is 0.619. The maximum absolute atomic E-state index is 9.71. The lowest BCUT2D eigenvalue weighted by Crippen LogP contribution is -2.33. The van der Waals surface area contributed by atoms with Crippen molar-refractivity contribution in [1.29, 1.82) is 0 Å². The van der Waals surface area contributed by atoms with Crippen molar-refractivity contribution in [2.45, 2.75) is 32.2 Å². The molecule has 4 atom stereocenters. The molecule has 1 fully saturated rings. The van der Waals surface area contributed by atoms with Gasteiger partial charge in [0, 0.05) is 13.0 Å². The molecule has 3 unspecified atom stereocenters. The molecule has 0 radical (unpaired) electrons. The van der Waals surface area contributed by atoms with E-state index in [0.717, 1.165) is 5.56 Å². The minimum absolute atomic E-state index is 0.0735. The molecule has 1 aliphatic carbocycles. The van der Waals surface area contributed by atoms with Crippen molar-refractivity contribution in [3.8, 4) is 0 Å². The molecule has 3 rings (SSSR count). The third-order valence-corrected chi connectivity index (χ3v) is 4.76. The minimum Gasteiger partial charge on any atom is -0.492 e. The van der Waals surface area contributed by atoms with Gasteiger partial charge in [-0.05, 0) is 5.56 Å². The maximum Gasteiger partial charge on any atom is 0.314 e. The number of fused-ring (bicyclic) bond motifs is 1. The van der Waals surface area contributed by atoms with Crippen molar-refractivity contribution in [2.75, 3.05) is 46.8 Å². The second-order valence-electron chi connectivity index (χ2n) is 6.83. The van der Waals surface area contributed by atoms with Crippen LogP contribution in [0.4, 0.5) is 0 Å². The van der Waals surface area contributed by atoms with Crippen LogP contribution in [-0.2, 0) is 39.8 Å². The molecule has 8 nitrogen and oxygen atoms in total. The van der Waals surface area contributed by atoms with E-state index in [1.807, 2.05) is 37.3 Å². The van der Waals surface area contributed by atoms with Gasteiger partial charge in [-0.3, -0.25) is 0 Å². The van der Waals surface area contributed by atoms with Crippen molar-refractivity contribution in [1.82, 2.24) is 0 Å². The van der Waals surface area contributed by atoms with Crippen LogP contribution < -0.4 is 0 Å². The molecular weight excluding hydrogens is 380 g/mol. The topological polar surface area (TPSA) is 84.8 Å². The summed E-state index contributed by atoms with van der Waals surface area (Å²) in [7, 11) is 1.63. The van der Waals surface area contributed by atoms with Gasteiger partial charge in [0.15, 0.2) is 11.9 Å². The minimum atomic E-state index is -1.31. The molecule has 1 aliphatic heterocycles. The van der Waals surface area contributed by atoms with Gasteiger partial charge in [0.2, 0.25) is 0 Å². The smallest absolute Gasteiger partial charge is 0.314 e. The summed E-state index contributed by atoms with van der Waals surface area (Å²) in [5, 5.41) is 9.71. The summed E-state index contributed by atoms with van der Waals surface area (Å²) in [6.45, 7) is 3.92. The van der Waals surface area contributed by atoms with E-state index in [0.29, 0.717) is 57.8 Å². The summed E-state index contributed by atoms with van der Waals surface area (Å²) >= 11 is 0. The monoisotopic (exact) mass is 410 g/mol. The normalized spacial score (nSPS) is 25.9. The first-order valence-electron chi connectivity index (χ1n) is 9.87. The summed E-state index contributed by atoms with van der Waals surface area (Å²) in [4.78, 5) is 0. The highest BCUT2D eigenvalue weighted by Crippen LogP contribution is 2.42.